The summed E-state index contributed by atoms with van der Waals surface area (Å²) >= 11 is 0. The van der Waals surface area contributed by atoms with Crippen LogP contribution in [0.2, 0.25) is 0 Å². The van der Waals surface area contributed by atoms with E-state index in [0.717, 1.165) is 55.7 Å². The van der Waals surface area contributed by atoms with Gasteiger partial charge in [0.2, 0.25) is 5.71 Å². The van der Waals surface area contributed by atoms with Gasteiger partial charge in [-0.2, -0.15) is 0 Å². The van der Waals surface area contributed by atoms with Gasteiger partial charge in [-0.25, -0.2) is 9.97 Å². The maximum Gasteiger partial charge on any atom is 0.255 e. The number of amides is 1. The molecule has 1 N–H and O–H groups in total. The summed E-state index contributed by atoms with van der Waals surface area (Å²) in [6.07, 6.45) is 8.26. The zero-order valence-corrected chi connectivity index (χ0v) is 16.4. The Labute approximate surface area is 164 Å². The molecule has 1 saturated heterocycles. The average Bonchev–Trinajstić information content (AvgIpc) is 3.33. The van der Waals surface area contributed by atoms with Gasteiger partial charge in [0.25, 0.3) is 5.91 Å². The van der Waals surface area contributed by atoms with Gasteiger partial charge in [0.15, 0.2) is 0 Å². The van der Waals surface area contributed by atoms with Crippen molar-refractivity contribution in [3.8, 4) is 0 Å². The topological polar surface area (TPSA) is 84.4 Å². The number of carbonyl (C=O) groups excluding carboxylic acids is 1. The van der Waals surface area contributed by atoms with Crippen molar-refractivity contribution in [3.63, 3.8) is 0 Å². The van der Waals surface area contributed by atoms with Gasteiger partial charge in [-0.3, -0.25) is 4.79 Å². The van der Waals surface area contributed by atoms with Gasteiger partial charge in [0.1, 0.15) is 23.7 Å². The number of hydrogen-bond donors (Lipinski definition) is 1. The summed E-state index contributed by atoms with van der Waals surface area (Å²) in [7, 11) is 0. The molecule has 1 atom stereocenters. The van der Waals surface area contributed by atoms with Gasteiger partial charge in [0.05, 0.1) is 17.2 Å². The van der Waals surface area contributed by atoms with Gasteiger partial charge in [-0.1, -0.05) is 0 Å². The molecule has 0 spiro atoms. The Kier molecular flexibility index (Phi) is 5.32. The molecular formula is C21H26N4O3. The van der Waals surface area contributed by atoms with Crippen LogP contribution in [-0.4, -0.2) is 35.0 Å². The fraction of sp³-hybridized carbons (Fsp3) is 0.476. The number of rotatable bonds is 6. The lowest BCUT2D eigenvalue weighted by Gasteiger charge is -2.28. The molecule has 1 unspecified atom stereocenters. The Hall–Kier alpha value is -2.83. The molecular weight excluding hydrogens is 356 g/mol. The van der Waals surface area contributed by atoms with E-state index in [1.165, 1.54) is 12.7 Å². The first-order valence-electron chi connectivity index (χ1n) is 9.96. The van der Waals surface area contributed by atoms with Crippen molar-refractivity contribution in [1.82, 2.24) is 15.3 Å². The molecule has 0 saturated carbocycles. The van der Waals surface area contributed by atoms with Crippen molar-refractivity contribution < 1.29 is 13.6 Å². The largest absolute Gasteiger partial charge is 0.469 e. The van der Waals surface area contributed by atoms with Crippen molar-refractivity contribution in [2.24, 2.45) is 0 Å². The zero-order valence-electron chi connectivity index (χ0n) is 16.4. The number of piperidine rings is 1. The molecule has 0 bridgehead atoms. The molecule has 4 heterocycles. The highest BCUT2D eigenvalue weighted by molar-refractivity contribution is 6.10. The third kappa shape index (κ3) is 3.74. The minimum atomic E-state index is -0.142. The van der Waals surface area contributed by atoms with Crippen molar-refractivity contribution in [1.29, 1.82) is 0 Å². The van der Waals surface area contributed by atoms with Crippen molar-refractivity contribution in [2.75, 3.05) is 18.0 Å². The van der Waals surface area contributed by atoms with Crippen LogP contribution in [0.3, 0.4) is 0 Å². The second-order valence-corrected chi connectivity index (χ2v) is 7.45. The van der Waals surface area contributed by atoms with E-state index in [1.54, 1.807) is 6.26 Å². The molecule has 3 aromatic heterocycles. The Morgan fingerprint density at radius 2 is 2.11 bits per heavy atom. The van der Waals surface area contributed by atoms with Crippen LogP contribution >= 0.6 is 0 Å². The lowest BCUT2D eigenvalue weighted by Crippen LogP contribution is -2.34. The van der Waals surface area contributed by atoms with Crippen LogP contribution in [0.4, 0.5) is 5.82 Å². The maximum atomic E-state index is 13.1. The first-order valence-corrected chi connectivity index (χ1v) is 9.96. The number of anilines is 1. The Morgan fingerprint density at radius 3 is 2.86 bits per heavy atom. The SMILES string of the molecule is Cc1oc2ncnc(N3CCCCC3)c2c1C(=O)NC(C)CCc1ccco1. The summed E-state index contributed by atoms with van der Waals surface area (Å²) in [6.45, 7) is 5.69. The average molecular weight is 382 g/mol. The van der Waals surface area contributed by atoms with Gasteiger partial charge in [-0.15, -0.1) is 0 Å². The molecule has 7 nitrogen and oxygen atoms in total. The Morgan fingerprint density at radius 1 is 1.29 bits per heavy atom. The first-order chi connectivity index (χ1) is 13.6. The highest BCUT2D eigenvalue weighted by Crippen LogP contribution is 2.32. The molecule has 0 aliphatic carbocycles. The fourth-order valence-electron chi connectivity index (χ4n) is 3.83. The van der Waals surface area contributed by atoms with Crippen LogP contribution in [0.25, 0.3) is 11.1 Å². The summed E-state index contributed by atoms with van der Waals surface area (Å²) < 4.78 is 11.2. The summed E-state index contributed by atoms with van der Waals surface area (Å²) in [4.78, 5) is 24.1. The van der Waals surface area contributed by atoms with Gasteiger partial charge in [-0.05, 0) is 51.7 Å². The van der Waals surface area contributed by atoms with Gasteiger partial charge >= 0.3 is 0 Å². The number of aromatic nitrogens is 2. The molecule has 1 amide bonds. The van der Waals surface area contributed by atoms with E-state index >= 15 is 0 Å². The predicted molar refractivity (Wildman–Crippen MR) is 107 cm³/mol. The molecule has 3 aromatic rings. The normalized spacial score (nSPS) is 15.7. The third-order valence-electron chi connectivity index (χ3n) is 5.31. The molecule has 1 aliphatic rings. The molecule has 1 fully saturated rings. The number of fused-ring (bicyclic) bond motifs is 1. The van der Waals surface area contributed by atoms with Crippen LogP contribution < -0.4 is 10.2 Å². The molecule has 28 heavy (non-hydrogen) atoms. The monoisotopic (exact) mass is 382 g/mol. The maximum absolute atomic E-state index is 13.1. The second kappa shape index (κ2) is 8.04. The fourth-order valence-corrected chi connectivity index (χ4v) is 3.83. The second-order valence-electron chi connectivity index (χ2n) is 7.45. The van der Waals surface area contributed by atoms with Crippen LogP contribution in [0.1, 0.15) is 54.5 Å². The summed E-state index contributed by atoms with van der Waals surface area (Å²) in [5, 5.41) is 3.81. The van der Waals surface area contributed by atoms with Crippen LogP contribution in [0.15, 0.2) is 33.6 Å². The summed E-state index contributed by atoms with van der Waals surface area (Å²) in [6, 6.07) is 3.83. The lowest BCUT2D eigenvalue weighted by atomic mass is 10.1. The van der Waals surface area contributed by atoms with Crippen molar-refractivity contribution in [3.05, 3.63) is 41.8 Å². The molecule has 0 radical (unpaired) electrons. The standard InChI is InChI=1S/C21H26N4O3/c1-14(8-9-16-7-6-12-27-16)24-20(26)17-15(2)28-21-18(17)19(22-13-23-21)25-10-4-3-5-11-25/h6-7,12-14H,3-5,8-11H2,1-2H3,(H,24,26). The van der Waals surface area contributed by atoms with Crippen LogP contribution in [-0.2, 0) is 6.42 Å². The Balaban J connectivity index is 1.56. The first kappa shape index (κ1) is 18.5. The number of furan rings is 2. The van der Waals surface area contributed by atoms with Crippen molar-refractivity contribution in [2.45, 2.75) is 52.0 Å². The molecule has 4 rings (SSSR count). The minimum Gasteiger partial charge on any atom is -0.469 e. The Bertz CT molecular complexity index is 942. The third-order valence-corrected chi connectivity index (χ3v) is 5.31. The molecule has 1 aliphatic heterocycles. The molecule has 0 aromatic carbocycles. The van der Waals surface area contributed by atoms with Crippen LogP contribution in [0.5, 0.6) is 0 Å². The number of nitrogens with zero attached hydrogens (tertiary/aromatic N) is 3. The van der Waals surface area contributed by atoms with E-state index in [9.17, 15) is 4.79 Å². The highest BCUT2D eigenvalue weighted by atomic mass is 16.3. The van der Waals surface area contributed by atoms with E-state index in [-0.39, 0.29) is 11.9 Å². The van der Waals surface area contributed by atoms with Crippen molar-refractivity contribution >= 4 is 22.8 Å². The minimum absolute atomic E-state index is 0.00465. The lowest BCUT2D eigenvalue weighted by molar-refractivity contribution is 0.0938. The number of carbonyl (C=O) groups is 1. The summed E-state index contributed by atoms with van der Waals surface area (Å²) in [5.74, 6) is 2.16. The molecule has 148 valence electrons. The highest BCUT2D eigenvalue weighted by Gasteiger charge is 2.26. The van der Waals surface area contributed by atoms with E-state index < -0.39 is 0 Å². The molecule has 7 heteroatoms. The smallest absolute Gasteiger partial charge is 0.255 e. The predicted octanol–water partition coefficient (Wildman–Crippen LogP) is 3.87. The number of aryl methyl sites for hydroxylation is 2. The number of nitrogens with one attached hydrogen (secondary N) is 1. The van der Waals surface area contributed by atoms with E-state index in [4.69, 9.17) is 8.83 Å². The number of hydrogen-bond acceptors (Lipinski definition) is 6. The van der Waals surface area contributed by atoms with E-state index in [1.807, 2.05) is 26.0 Å². The summed E-state index contributed by atoms with van der Waals surface area (Å²) in [5.41, 5.74) is 1.02. The van der Waals surface area contributed by atoms with Gasteiger partial charge in [0, 0.05) is 25.6 Å². The van der Waals surface area contributed by atoms with E-state index in [2.05, 4.69) is 20.2 Å². The van der Waals surface area contributed by atoms with Crippen LogP contribution in [0, 0.1) is 6.92 Å². The zero-order chi connectivity index (χ0) is 19.5. The van der Waals surface area contributed by atoms with Gasteiger partial charge < -0.3 is 19.1 Å². The van der Waals surface area contributed by atoms with E-state index in [0.29, 0.717) is 17.0 Å². The quantitative estimate of drug-likeness (QED) is 0.697.